The van der Waals surface area contributed by atoms with Crippen molar-refractivity contribution < 1.29 is 0 Å². The number of benzene rings is 1. The molecule has 1 aromatic heterocycles. The van der Waals surface area contributed by atoms with E-state index >= 15 is 0 Å². The molecule has 3 N–H and O–H groups in total. The zero-order valence-electron chi connectivity index (χ0n) is 13.1. The van der Waals surface area contributed by atoms with Crippen molar-refractivity contribution in [2.75, 3.05) is 17.6 Å². The van der Waals surface area contributed by atoms with Gasteiger partial charge in [0.15, 0.2) is 0 Å². The summed E-state index contributed by atoms with van der Waals surface area (Å²) in [5, 5.41) is 4.66. The average molecular weight is 271 g/mol. The fourth-order valence-corrected chi connectivity index (χ4v) is 2.09. The van der Waals surface area contributed by atoms with Gasteiger partial charge < -0.3 is 11.1 Å². The quantitative estimate of drug-likeness (QED) is 0.822. The molecule has 108 valence electrons. The van der Waals surface area contributed by atoms with Gasteiger partial charge in [-0.25, -0.2) is 0 Å². The summed E-state index contributed by atoms with van der Waals surface area (Å²) in [5.41, 5.74) is 10.1. The van der Waals surface area contributed by atoms with Crippen molar-refractivity contribution in [1.82, 2.24) is 4.98 Å². The van der Waals surface area contributed by atoms with Gasteiger partial charge in [-0.2, -0.15) is 0 Å². The molecule has 0 bridgehead atoms. The Bertz CT molecular complexity index is 611. The number of pyridine rings is 1. The van der Waals surface area contributed by atoms with E-state index in [1.54, 1.807) is 0 Å². The Morgan fingerprint density at radius 2 is 1.95 bits per heavy atom. The van der Waals surface area contributed by atoms with Crippen molar-refractivity contribution in [2.45, 2.75) is 34.6 Å². The monoisotopic (exact) mass is 271 g/mol. The predicted octanol–water partition coefficient (Wildman–Crippen LogP) is 4.22. The van der Waals surface area contributed by atoms with Crippen molar-refractivity contribution in [3.05, 3.63) is 30.0 Å². The standard InChI is InChI=1S/C17H25N3/c1-11(17(3,4)5)10-19-16-8-12(2)20-15-7-6-13(18)9-14(15)16/h6-9,11H,10,18H2,1-5H3,(H,19,20). The molecule has 20 heavy (non-hydrogen) atoms. The van der Waals surface area contributed by atoms with E-state index in [-0.39, 0.29) is 0 Å². The van der Waals surface area contributed by atoms with E-state index in [1.807, 2.05) is 25.1 Å². The third-order valence-corrected chi connectivity index (χ3v) is 4.04. The maximum Gasteiger partial charge on any atom is 0.0727 e. The zero-order valence-corrected chi connectivity index (χ0v) is 13.1. The van der Waals surface area contributed by atoms with E-state index in [9.17, 15) is 0 Å². The Labute approximate surface area is 121 Å². The van der Waals surface area contributed by atoms with Crippen LogP contribution in [-0.2, 0) is 0 Å². The first kappa shape index (κ1) is 14.6. The number of hydrogen-bond donors (Lipinski definition) is 2. The van der Waals surface area contributed by atoms with Crippen LogP contribution < -0.4 is 11.1 Å². The largest absolute Gasteiger partial charge is 0.399 e. The number of fused-ring (bicyclic) bond motifs is 1. The molecule has 0 radical (unpaired) electrons. The molecule has 0 saturated heterocycles. The fraction of sp³-hybridized carbons (Fsp3) is 0.471. The highest BCUT2D eigenvalue weighted by Gasteiger charge is 2.19. The summed E-state index contributed by atoms with van der Waals surface area (Å²) in [6.45, 7) is 12.1. The average Bonchev–Trinajstić information content (AvgIpc) is 2.35. The summed E-state index contributed by atoms with van der Waals surface area (Å²) < 4.78 is 0. The van der Waals surface area contributed by atoms with Crippen LogP contribution in [0.3, 0.4) is 0 Å². The molecule has 0 fully saturated rings. The van der Waals surface area contributed by atoms with Gasteiger partial charge in [0.2, 0.25) is 0 Å². The van der Waals surface area contributed by atoms with Gasteiger partial charge in [-0.3, -0.25) is 4.98 Å². The van der Waals surface area contributed by atoms with Crippen LogP contribution in [0.2, 0.25) is 0 Å². The van der Waals surface area contributed by atoms with Gasteiger partial charge in [0.1, 0.15) is 0 Å². The lowest BCUT2D eigenvalue weighted by molar-refractivity contribution is 0.274. The molecule has 1 aromatic carbocycles. The van der Waals surface area contributed by atoms with Gasteiger partial charge in [0, 0.05) is 29.0 Å². The first-order chi connectivity index (χ1) is 9.27. The lowest BCUT2D eigenvalue weighted by Gasteiger charge is -2.28. The first-order valence-electron chi connectivity index (χ1n) is 7.18. The molecule has 3 nitrogen and oxygen atoms in total. The first-order valence-corrected chi connectivity index (χ1v) is 7.18. The number of nitrogens with zero attached hydrogens (tertiary/aromatic N) is 1. The van der Waals surface area contributed by atoms with Gasteiger partial charge in [0.25, 0.3) is 0 Å². The number of nitrogens with one attached hydrogen (secondary N) is 1. The molecule has 0 saturated carbocycles. The van der Waals surface area contributed by atoms with Crippen LogP contribution in [0.1, 0.15) is 33.4 Å². The van der Waals surface area contributed by atoms with Gasteiger partial charge in [-0.1, -0.05) is 27.7 Å². The maximum absolute atomic E-state index is 5.90. The molecule has 2 rings (SSSR count). The van der Waals surface area contributed by atoms with Crippen LogP contribution in [0, 0.1) is 18.3 Å². The SMILES string of the molecule is Cc1cc(NCC(C)C(C)(C)C)c2cc(N)ccc2n1. The molecular weight excluding hydrogens is 246 g/mol. The van der Waals surface area contributed by atoms with E-state index in [2.05, 4.69) is 44.1 Å². The smallest absolute Gasteiger partial charge is 0.0727 e. The Morgan fingerprint density at radius 3 is 2.60 bits per heavy atom. The van der Waals surface area contributed by atoms with Gasteiger partial charge in [-0.15, -0.1) is 0 Å². The van der Waals surface area contributed by atoms with Gasteiger partial charge >= 0.3 is 0 Å². The molecule has 1 atom stereocenters. The van der Waals surface area contributed by atoms with E-state index in [0.29, 0.717) is 11.3 Å². The summed E-state index contributed by atoms with van der Waals surface area (Å²) in [5.74, 6) is 0.576. The Balaban J connectivity index is 2.31. The minimum Gasteiger partial charge on any atom is -0.399 e. The van der Waals surface area contributed by atoms with Crippen LogP contribution in [0.15, 0.2) is 24.3 Å². The molecule has 3 heteroatoms. The molecule has 0 amide bonds. The molecule has 0 aliphatic carbocycles. The van der Waals surface area contributed by atoms with Crippen molar-refractivity contribution >= 4 is 22.3 Å². The number of hydrogen-bond acceptors (Lipinski definition) is 3. The van der Waals surface area contributed by atoms with Crippen molar-refractivity contribution in [2.24, 2.45) is 11.3 Å². The Hall–Kier alpha value is -1.77. The molecule has 0 aliphatic heterocycles. The molecule has 1 heterocycles. The highest BCUT2D eigenvalue weighted by molar-refractivity contribution is 5.93. The van der Waals surface area contributed by atoms with Crippen LogP contribution in [0.25, 0.3) is 10.9 Å². The van der Waals surface area contributed by atoms with E-state index in [0.717, 1.165) is 34.5 Å². The number of nitrogens with two attached hydrogens (primary N) is 1. The second-order valence-corrected chi connectivity index (χ2v) is 6.74. The molecule has 0 spiro atoms. The Morgan fingerprint density at radius 1 is 1.25 bits per heavy atom. The lowest BCUT2D eigenvalue weighted by atomic mass is 9.82. The van der Waals surface area contributed by atoms with E-state index < -0.39 is 0 Å². The van der Waals surface area contributed by atoms with Crippen LogP contribution in [0.5, 0.6) is 0 Å². The summed E-state index contributed by atoms with van der Waals surface area (Å²) in [6, 6.07) is 7.97. The fourth-order valence-electron chi connectivity index (χ4n) is 2.09. The van der Waals surface area contributed by atoms with Gasteiger partial charge in [-0.05, 0) is 42.5 Å². The van der Waals surface area contributed by atoms with E-state index in [4.69, 9.17) is 5.73 Å². The van der Waals surface area contributed by atoms with Crippen molar-refractivity contribution in [3.63, 3.8) is 0 Å². The predicted molar refractivity (Wildman–Crippen MR) is 88.0 cm³/mol. The minimum atomic E-state index is 0.296. The summed E-state index contributed by atoms with van der Waals surface area (Å²) >= 11 is 0. The molecular formula is C17H25N3. The summed E-state index contributed by atoms with van der Waals surface area (Å²) in [6.07, 6.45) is 0. The number of rotatable bonds is 3. The molecule has 2 aromatic rings. The summed E-state index contributed by atoms with van der Waals surface area (Å²) in [7, 11) is 0. The van der Waals surface area contributed by atoms with Crippen LogP contribution in [-0.4, -0.2) is 11.5 Å². The van der Waals surface area contributed by atoms with Crippen molar-refractivity contribution in [3.8, 4) is 0 Å². The third kappa shape index (κ3) is 3.21. The second-order valence-electron chi connectivity index (χ2n) is 6.74. The second kappa shape index (κ2) is 5.31. The Kier molecular flexibility index (Phi) is 3.89. The van der Waals surface area contributed by atoms with E-state index in [1.165, 1.54) is 0 Å². The normalized spacial score (nSPS) is 13.4. The third-order valence-electron chi connectivity index (χ3n) is 4.04. The highest BCUT2D eigenvalue weighted by atomic mass is 14.9. The van der Waals surface area contributed by atoms with Gasteiger partial charge in [0.05, 0.1) is 5.52 Å². The highest BCUT2D eigenvalue weighted by Crippen LogP contribution is 2.28. The number of anilines is 2. The van der Waals surface area contributed by atoms with Crippen LogP contribution in [0.4, 0.5) is 11.4 Å². The van der Waals surface area contributed by atoms with Crippen LogP contribution >= 0.6 is 0 Å². The number of aromatic nitrogens is 1. The number of aryl methyl sites for hydroxylation is 1. The molecule has 0 aliphatic rings. The maximum atomic E-state index is 5.90. The lowest BCUT2D eigenvalue weighted by Crippen LogP contribution is -2.24. The summed E-state index contributed by atoms with van der Waals surface area (Å²) in [4.78, 5) is 4.56. The minimum absolute atomic E-state index is 0.296. The van der Waals surface area contributed by atoms with Crippen molar-refractivity contribution in [1.29, 1.82) is 0 Å². The number of nitrogen functional groups attached to an aromatic ring is 1. The zero-order chi connectivity index (χ0) is 14.9. The molecule has 1 unspecified atom stereocenters. The topological polar surface area (TPSA) is 50.9 Å².